The molecule has 1 aliphatic rings. The molecule has 0 aliphatic carbocycles. The highest BCUT2D eigenvalue weighted by atomic mass is 79.9. The van der Waals surface area contributed by atoms with E-state index in [9.17, 15) is 13.2 Å². The number of rotatable bonds is 3. The van der Waals surface area contributed by atoms with Crippen molar-refractivity contribution in [3.05, 3.63) is 28.3 Å². The van der Waals surface area contributed by atoms with Gasteiger partial charge in [0.05, 0.1) is 12.1 Å². The highest BCUT2D eigenvalue weighted by Gasteiger charge is 2.55. The molecule has 0 aromatic heterocycles. The molecule has 2 nitrogen and oxygen atoms in total. The number of fused-ring (bicyclic) bond motifs is 1. The van der Waals surface area contributed by atoms with Gasteiger partial charge in [0.15, 0.2) is 0 Å². The number of halogens is 5. The van der Waals surface area contributed by atoms with Crippen molar-refractivity contribution in [1.82, 2.24) is 0 Å². The molecule has 0 spiro atoms. The van der Waals surface area contributed by atoms with Crippen molar-refractivity contribution in [2.45, 2.75) is 30.5 Å². The molecule has 0 saturated carbocycles. The number of hydrogen-bond donors (Lipinski definition) is 0. The molecule has 1 unspecified atom stereocenters. The lowest BCUT2D eigenvalue weighted by atomic mass is 9.93. The van der Waals surface area contributed by atoms with Crippen LogP contribution in [0.1, 0.15) is 24.5 Å². The van der Waals surface area contributed by atoms with Gasteiger partial charge in [-0.05, 0) is 18.6 Å². The summed E-state index contributed by atoms with van der Waals surface area (Å²) in [6, 6.07) is 1.54. The van der Waals surface area contributed by atoms with Crippen LogP contribution in [0.25, 0.3) is 6.08 Å². The van der Waals surface area contributed by atoms with Crippen LogP contribution in [0.15, 0.2) is 12.1 Å². The molecule has 1 atom stereocenters. The SMILES string of the molecule is CCC1(C(F)(F)F)C=Cc2cc(Cl)c(OC)c(CBr)c2O1. The summed E-state index contributed by atoms with van der Waals surface area (Å²) in [4.78, 5) is 0. The third-order valence-corrected chi connectivity index (χ3v) is 4.31. The van der Waals surface area contributed by atoms with Gasteiger partial charge in [-0.15, -0.1) is 0 Å². The second-order valence-electron chi connectivity index (χ2n) is 4.60. The number of hydrogen-bond acceptors (Lipinski definition) is 2. The monoisotopic (exact) mass is 384 g/mol. The largest absolute Gasteiger partial charge is 0.495 e. The van der Waals surface area contributed by atoms with Crippen molar-refractivity contribution in [3.63, 3.8) is 0 Å². The Morgan fingerprint density at radius 2 is 2.10 bits per heavy atom. The van der Waals surface area contributed by atoms with E-state index in [0.29, 0.717) is 21.9 Å². The fourth-order valence-corrected chi connectivity index (χ4v) is 3.08. The minimum absolute atomic E-state index is 0.148. The lowest BCUT2D eigenvalue weighted by Crippen LogP contribution is -2.49. The van der Waals surface area contributed by atoms with Crippen LogP contribution in [0.5, 0.6) is 11.5 Å². The maximum Gasteiger partial charge on any atom is 0.432 e. The molecule has 7 heteroatoms. The molecule has 1 aromatic rings. The number of methoxy groups -OCH3 is 1. The molecule has 1 heterocycles. The van der Waals surface area contributed by atoms with Gasteiger partial charge in [0.2, 0.25) is 5.60 Å². The first-order valence-corrected chi connectivity index (χ1v) is 7.70. The zero-order valence-corrected chi connectivity index (χ0v) is 13.7. The highest BCUT2D eigenvalue weighted by molar-refractivity contribution is 9.08. The van der Waals surface area contributed by atoms with Crippen LogP contribution in [0.2, 0.25) is 5.02 Å². The Balaban J connectivity index is 2.64. The lowest BCUT2D eigenvalue weighted by molar-refractivity contribution is -0.230. The van der Waals surface area contributed by atoms with Gasteiger partial charge < -0.3 is 9.47 Å². The first-order chi connectivity index (χ1) is 9.79. The van der Waals surface area contributed by atoms with Crippen LogP contribution in [0, 0.1) is 0 Å². The first kappa shape index (κ1) is 16.5. The molecule has 0 radical (unpaired) electrons. The summed E-state index contributed by atoms with van der Waals surface area (Å²) >= 11 is 9.33. The van der Waals surface area contributed by atoms with Crippen LogP contribution >= 0.6 is 27.5 Å². The Bertz CT molecular complexity index is 587. The van der Waals surface area contributed by atoms with E-state index in [4.69, 9.17) is 21.1 Å². The number of benzene rings is 1. The van der Waals surface area contributed by atoms with E-state index in [1.807, 2.05) is 0 Å². The van der Waals surface area contributed by atoms with E-state index >= 15 is 0 Å². The van der Waals surface area contributed by atoms with Gasteiger partial charge in [0, 0.05) is 16.5 Å². The van der Waals surface area contributed by atoms with Gasteiger partial charge in [-0.1, -0.05) is 40.5 Å². The number of alkyl halides is 4. The standard InChI is InChI=1S/C14H13BrClF3O2/c1-3-13(14(17,18)19)5-4-8-6-10(16)12(20-2)9(7-15)11(8)21-13/h4-6H,3,7H2,1-2H3. The Morgan fingerprint density at radius 3 is 2.57 bits per heavy atom. The molecule has 2 rings (SSSR count). The Labute approximate surface area is 134 Å². The topological polar surface area (TPSA) is 18.5 Å². The van der Waals surface area contributed by atoms with Crippen molar-refractivity contribution < 1.29 is 22.6 Å². The van der Waals surface area contributed by atoms with E-state index in [0.717, 1.165) is 6.08 Å². The summed E-state index contributed by atoms with van der Waals surface area (Å²) in [5.74, 6) is 0.463. The maximum absolute atomic E-state index is 13.3. The second-order valence-corrected chi connectivity index (χ2v) is 5.57. The van der Waals surface area contributed by atoms with Crippen molar-refractivity contribution in [2.24, 2.45) is 0 Å². The van der Waals surface area contributed by atoms with E-state index in [1.165, 1.54) is 26.2 Å². The van der Waals surface area contributed by atoms with Crippen LogP contribution < -0.4 is 9.47 Å². The molecule has 1 aliphatic heterocycles. The molecule has 0 bridgehead atoms. The van der Waals surface area contributed by atoms with Crippen molar-refractivity contribution in [1.29, 1.82) is 0 Å². The van der Waals surface area contributed by atoms with Crippen molar-refractivity contribution in [2.75, 3.05) is 7.11 Å². The summed E-state index contributed by atoms with van der Waals surface area (Å²) in [7, 11) is 1.41. The van der Waals surface area contributed by atoms with Gasteiger partial charge in [-0.25, -0.2) is 0 Å². The molecular formula is C14H13BrClF3O2. The number of ether oxygens (including phenoxy) is 2. The predicted molar refractivity (Wildman–Crippen MR) is 79.4 cm³/mol. The van der Waals surface area contributed by atoms with Crippen LogP contribution in [0.4, 0.5) is 13.2 Å². The van der Waals surface area contributed by atoms with Gasteiger partial charge >= 0.3 is 6.18 Å². The highest BCUT2D eigenvalue weighted by Crippen LogP contribution is 2.48. The van der Waals surface area contributed by atoms with Crippen molar-refractivity contribution >= 4 is 33.6 Å². The van der Waals surface area contributed by atoms with Gasteiger partial charge in [0.25, 0.3) is 0 Å². The molecule has 0 fully saturated rings. The Kier molecular flexibility index (Phi) is 4.49. The second kappa shape index (κ2) is 5.72. The van der Waals surface area contributed by atoms with Crippen molar-refractivity contribution in [3.8, 4) is 11.5 Å². The minimum atomic E-state index is -4.51. The molecule has 0 saturated heterocycles. The van der Waals surface area contributed by atoms with E-state index in [1.54, 1.807) is 0 Å². The summed E-state index contributed by atoms with van der Waals surface area (Å²) in [5.41, 5.74) is -1.36. The van der Waals surface area contributed by atoms with E-state index < -0.39 is 11.8 Å². The average molecular weight is 386 g/mol. The zero-order chi connectivity index (χ0) is 15.8. The Morgan fingerprint density at radius 1 is 1.43 bits per heavy atom. The Hall–Kier alpha value is -0.880. The summed E-state index contributed by atoms with van der Waals surface area (Å²) in [6.07, 6.45) is -2.30. The smallest absolute Gasteiger partial charge is 0.432 e. The lowest BCUT2D eigenvalue weighted by Gasteiger charge is -2.36. The third kappa shape index (κ3) is 2.63. The maximum atomic E-state index is 13.3. The van der Waals surface area contributed by atoms with Gasteiger partial charge in [-0.2, -0.15) is 13.2 Å². The van der Waals surface area contributed by atoms with Gasteiger partial charge in [-0.3, -0.25) is 0 Å². The normalized spacial score (nSPS) is 20.9. The van der Waals surface area contributed by atoms with Crippen LogP contribution in [-0.4, -0.2) is 18.9 Å². The summed E-state index contributed by atoms with van der Waals surface area (Å²) in [6.45, 7) is 1.43. The minimum Gasteiger partial charge on any atom is -0.495 e. The third-order valence-electron chi connectivity index (χ3n) is 3.47. The fourth-order valence-electron chi connectivity index (χ4n) is 2.26. The predicted octanol–water partition coefficient (Wildman–Crippen LogP) is 5.36. The molecule has 1 aromatic carbocycles. The molecule has 0 N–H and O–H groups in total. The average Bonchev–Trinajstić information content (AvgIpc) is 2.44. The summed E-state index contributed by atoms with van der Waals surface area (Å²) < 4.78 is 50.6. The fraction of sp³-hybridized carbons (Fsp3) is 0.429. The molecule has 0 amide bonds. The first-order valence-electron chi connectivity index (χ1n) is 6.20. The zero-order valence-electron chi connectivity index (χ0n) is 11.4. The molecular weight excluding hydrogens is 373 g/mol. The molecule has 116 valence electrons. The van der Waals surface area contributed by atoms with E-state index in [2.05, 4.69) is 15.9 Å². The quantitative estimate of drug-likeness (QED) is 0.652. The molecule has 21 heavy (non-hydrogen) atoms. The summed E-state index contributed by atoms with van der Waals surface area (Å²) in [5, 5.41) is 0.597. The van der Waals surface area contributed by atoms with Gasteiger partial charge in [0.1, 0.15) is 11.5 Å². The van der Waals surface area contributed by atoms with Crippen LogP contribution in [0.3, 0.4) is 0 Å². The van der Waals surface area contributed by atoms with Crippen LogP contribution in [-0.2, 0) is 5.33 Å². The van der Waals surface area contributed by atoms with E-state index in [-0.39, 0.29) is 17.5 Å².